The summed E-state index contributed by atoms with van der Waals surface area (Å²) in [6.45, 7) is 7.13. The highest BCUT2D eigenvalue weighted by Crippen LogP contribution is 2.23. The highest BCUT2D eigenvalue weighted by Gasteiger charge is 2.19. The number of para-hydroxylation sites is 1. The summed E-state index contributed by atoms with van der Waals surface area (Å²) < 4.78 is 5.19. The molecule has 2 N–H and O–H groups in total. The van der Waals surface area contributed by atoms with Gasteiger partial charge < -0.3 is 9.84 Å². The average molecular weight is 304 g/mol. The number of fused-ring (bicyclic) bond motifs is 1. The first-order valence-corrected chi connectivity index (χ1v) is 6.97. The summed E-state index contributed by atoms with van der Waals surface area (Å²) in [6.07, 6.45) is 1.93. The van der Waals surface area contributed by atoms with Crippen LogP contribution in [0.4, 0.5) is 4.79 Å². The van der Waals surface area contributed by atoms with Gasteiger partial charge in [0, 0.05) is 5.56 Å². The molecule has 1 aromatic heterocycles. The quantitative estimate of drug-likeness (QED) is 0.850. The topological polar surface area (TPSA) is 89.3 Å². The number of rotatable bonds is 3. The Morgan fingerprint density at radius 1 is 1.45 bits per heavy atom. The van der Waals surface area contributed by atoms with Crippen molar-refractivity contribution in [1.82, 2.24) is 15.1 Å². The highest BCUT2D eigenvalue weighted by atomic mass is 16.6. The van der Waals surface area contributed by atoms with Crippen LogP contribution in [0.15, 0.2) is 30.4 Å². The van der Waals surface area contributed by atoms with Gasteiger partial charge >= 0.3 is 6.09 Å². The molecule has 0 spiro atoms. The minimum absolute atomic E-state index is 0.527. The number of ether oxygens (including phenoxy) is 1. The van der Waals surface area contributed by atoms with Gasteiger partial charge in [0.05, 0.1) is 6.10 Å². The third kappa shape index (κ3) is 3.62. The molecule has 0 fully saturated rings. The Bertz CT molecular complexity index is 700. The number of allylic oxidation sites excluding steroid dienone is 1. The van der Waals surface area contributed by atoms with Crippen molar-refractivity contribution in [3.8, 4) is 0 Å². The molecular weight excluding hydrogens is 284 g/mol. The maximum atomic E-state index is 11.9. The van der Waals surface area contributed by atoms with Gasteiger partial charge in [-0.1, -0.05) is 24.3 Å². The molecule has 0 bridgehead atoms. The fourth-order valence-electron chi connectivity index (χ4n) is 1.99. The molecule has 2 aromatic rings. The third-order valence-electron chi connectivity index (χ3n) is 2.79. The lowest BCUT2D eigenvalue weighted by atomic mass is 10.1. The van der Waals surface area contributed by atoms with Gasteiger partial charge in [0.15, 0.2) is 0 Å². The number of benzene rings is 1. The smallest absolute Gasteiger partial charge is 0.428 e. The summed E-state index contributed by atoms with van der Waals surface area (Å²) >= 11 is 0. The van der Waals surface area contributed by atoms with Crippen LogP contribution in [-0.4, -0.2) is 31.9 Å². The molecule has 7 nitrogen and oxygen atoms in total. The lowest BCUT2D eigenvalue weighted by Gasteiger charge is -2.19. The molecule has 1 aromatic carbocycles. The molecule has 1 atom stereocenters. The largest absolute Gasteiger partial charge is 0.443 e. The highest BCUT2D eigenvalue weighted by molar-refractivity contribution is 5.83. The molecule has 0 radical (unpaired) electrons. The molecule has 0 saturated carbocycles. The molecule has 22 heavy (non-hydrogen) atoms. The molecule has 1 heterocycles. The Morgan fingerprint density at radius 2 is 2.18 bits per heavy atom. The minimum atomic E-state index is -0.814. The fraction of sp³-hybridized carbons (Fsp3) is 0.400. The van der Waals surface area contributed by atoms with E-state index in [9.17, 15) is 9.90 Å². The lowest BCUT2D eigenvalue weighted by Crippen LogP contribution is -2.32. The second kappa shape index (κ2) is 6.15. The predicted octanol–water partition coefficient (Wildman–Crippen LogP) is 2.52. The number of hydrogen-bond acceptors (Lipinski definition) is 5. The van der Waals surface area contributed by atoms with Crippen molar-refractivity contribution in [2.75, 3.05) is 5.43 Å². The van der Waals surface area contributed by atoms with E-state index in [0.717, 1.165) is 0 Å². The maximum absolute atomic E-state index is 11.9. The van der Waals surface area contributed by atoms with Gasteiger partial charge in [-0.2, -0.15) is 0 Å². The van der Waals surface area contributed by atoms with E-state index in [0.29, 0.717) is 16.6 Å². The number of hydrogen-bond donors (Lipinski definition) is 2. The summed E-state index contributed by atoms with van der Waals surface area (Å²) in [5.41, 5.74) is 3.58. The molecule has 2 rings (SSSR count). The van der Waals surface area contributed by atoms with E-state index < -0.39 is 17.8 Å². The maximum Gasteiger partial charge on any atom is 0.428 e. The number of nitrogens with one attached hydrogen (secondary N) is 1. The van der Waals surface area contributed by atoms with Crippen LogP contribution in [0.1, 0.15) is 39.4 Å². The number of amides is 1. The standard InChI is InChI=1S/C15H20N4O3/c1-5-7-12(20)10-8-6-9-11-13(10)19(18-16-11)17-14(21)22-15(2,3)4/h5-9,12,20H,1-4H3,(H,17,21)/b7-5+. The zero-order chi connectivity index (χ0) is 16.3. The van der Waals surface area contributed by atoms with E-state index in [2.05, 4.69) is 15.7 Å². The van der Waals surface area contributed by atoms with Gasteiger partial charge in [-0.05, 0) is 39.0 Å². The van der Waals surface area contributed by atoms with Crippen molar-refractivity contribution in [2.45, 2.75) is 39.4 Å². The SMILES string of the molecule is C/C=C/C(O)c1cccc2nnn(NC(=O)OC(C)(C)C)c12. The van der Waals surface area contributed by atoms with E-state index in [1.165, 1.54) is 4.79 Å². The number of nitrogens with zero attached hydrogens (tertiary/aromatic N) is 3. The van der Waals surface area contributed by atoms with Crippen molar-refractivity contribution in [1.29, 1.82) is 0 Å². The molecule has 0 saturated heterocycles. The number of carbonyl (C=O) groups is 1. The van der Waals surface area contributed by atoms with E-state index in [1.54, 1.807) is 51.1 Å². The van der Waals surface area contributed by atoms with Crippen molar-refractivity contribution >= 4 is 17.1 Å². The van der Waals surface area contributed by atoms with Crippen molar-refractivity contribution in [2.24, 2.45) is 0 Å². The van der Waals surface area contributed by atoms with Crippen molar-refractivity contribution in [3.63, 3.8) is 0 Å². The summed E-state index contributed by atoms with van der Waals surface area (Å²) in [6, 6.07) is 5.28. The number of aliphatic hydroxyl groups excluding tert-OH is 1. The number of carbonyl (C=O) groups excluding carboxylic acids is 1. The van der Waals surface area contributed by atoms with E-state index in [-0.39, 0.29) is 0 Å². The second-order valence-corrected chi connectivity index (χ2v) is 5.80. The van der Waals surface area contributed by atoms with Crippen LogP contribution in [0.3, 0.4) is 0 Å². The Hall–Kier alpha value is -2.41. The molecule has 1 amide bonds. The van der Waals surface area contributed by atoms with Gasteiger partial charge in [-0.15, -0.1) is 9.89 Å². The van der Waals surface area contributed by atoms with Crippen molar-refractivity contribution in [3.05, 3.63) is 35.9 Å². The molecule has 0 aliphatic carbocycles. The van der Waals surface area contributed by atoms with Crippen LogP contribution in [0.25, 0.3) is 11.0 Å². The van der Waals surface area contributed by atoms with Gasteiger partial charge in [0.2, 0.25) is 0 Å². The van der Waals surface area contributed by atoms with Gasteiger partial charge in [0.25, 0.3) is 0 Å². The first kappa shape index (κ1) is 16.0. The third-order valence-corrected chi connectivity index (χ3v) is 2.79. The Labute approximate surface area is 128 Å². The molecule has 0 aliphatic rings. The van der Waals surface area contributed by atoms with Crippen LogP contribution in [-0.2, 0) is 4.74 Å². The fourth-order valence-corrected chi connectivity index (χ4v) is 1.99. The van der Waals surface area contributed by atoms with E-state index >= 15 is 0 Å². The Morgan fingerprint density at radius 3 is 2.82 bits per heavy atom. The summed E-state index contributed by atoms with van der Waals surface area (Å²) in [5, 5.41) is 18.0. The molecule has 0 aliphatic heterocycles. The van der Waals surface area contributed by atoms with Gasteiger partial charge in [-0.25, -0.2) is 10.2 Å². The summed E-state index contributed by atoms with van der Waals surface area (Å²) in [5.74, 6) is 0. The second-order valence-electron chi connectivity index (χ2n) is 5.80. The number of aliphatic hydroxyl groups is 1. The van der Waals surface area contributed by atoms with Crippen LogP contribution >= 0.6 is 0 Å². The molecule has 7 heteroatoms. The molecular formula is C15H20N4O3. The van der Waals surface area contributed by atoms with Crippen molar-refractivity contribution < 1.29 is 14.6 Å². The van der Waals surface area contributed by atoms with Gasteiger partial charge in [-0.3, -0.25) is 0 Å². The summed E-state index contributed by atoms with van der Waals surface area (Å²) in [4.78, 5) is 13.1. The normalized spacial score (nSPS) is 13.5. The first-order valence-electron chi connectivity index (χ1n) is 6.97. The zero-order valence-electron chi connectivity index (χ0n) is 13.1. The average Bonchev–Trinajstić information content (AvgIpc) is 2.80. The first-order chi connectivity index (χ1) is 10.3. The zero-order valence-corrected chi connectivity index (χ0v) is 13.1. The van der Waals surface area contributed by atoms with Gasteiger partial charge in [0.1, 0.15) is 16.6 Å². The predicted molar refractivity (Wildman–Crippen MR) is 82.9 cm³/mol. The van der Waals surface area contributed by atoms with E-state index in [4.69, 9.17) is 4.74 Å². The molecule has 118 valence electrons. The lowest BCUT2D eigenvalue weighted by molar-refractivity contribution is 0.0610. The minimum Gasteiger partial charge on any atom is -0.443 e. The van der Waals surface area contributed by atoms with Crippen LogP contribution in [0.5, 0.6) is 0 Å². The number of aromatic nitrogens is 3. The van der Waals surface area contributed by atoms with Crippen LogP contribution in [0.2, 0.25) is 0 Å². The van der Waals surface area contributed by atoms with E-state index in [1.807, 2.05) is 6.92 Å². The van der Waals surface area contributed by atoms with Crippen LogP contribution < -0.4 is 5.43 Å². The molecule has 1 unspecified atom stereocenters. The monoisotopic (exact) mass is 304 g/mol. The Kier molecular flexibility index (Phi) is 4.46. The Balaban J connectivity index is 2.37. The van der Waals surface area contributed by atoms with Crippen LogP contribution in [0, 0.1) is 0 Å². The summed E-state index contributed by atoms with van der Waals surface area (Å²) in [7, 11) is 0.